The van der Waals surface area contributed by atoms with Gasteiger partial charge in [-0.2, -0.15) is 0 Å². The highest BCUT2D eigenvalue weighted by molar-refractivity contribution is 5.94. The molecule has 2 fully saturated rings. The molecule has 0 atom stereocenters. The van der Waals surface area contributed by atoms with Crippen LogP contribution in [0.3, 0.4) is 0 Å². The van der Waals surface area contributed by atoms with Crippen LogP contribution in [-0.2, 0) is 4.74 Å². The molecule has 216 valence electrons. The monoisotopic (exact) mass is 555 g/mol. The van der Waals surface area contributed by atoms with Crippen LogP contribution in [0.2, 0.25) is 0 Å². The number of H-pyrrole nitrogens is 1. The largest absolute Gasteiger partial charge is 0.444 e. The highest BCUT2D eigenvalue weighted by atomic mass is 16.6. The van der Waals surface area contributed by atoms with Gasteiger partial charge in [-0.05, 0) is 100 Å². The Hall–Kier alpha value is -3.81. The first kappa shape index (κ1) is 27.4. The summed E-state index contributed by atoms with van der Waals surface area (Å²) in [7, 11) is 0. The Balaban J connectivity index is 1.29. The first-order chi connectivity index (χ1) is 19.5. The first-order valence-corrected chi connectivity index (χ1v) is 14.9. The molecule has 1 saturated carbocycles. The number of aryl methyl sites for hydroxylation is 1. The Bertz CT molecular complexity index is 1630. The second-order valence-electron chi connectivity index (χ2n) is 13.1. The van der Waals surface area contributed by atoms with E-state index in [4.69, 9.17) is 4.74 Å². The van der Waals surface area contributed by atoms with Gasteiger partial charge in [0.1, 0.15) is 16.9 Å². The van der Waals surface area contributed by atoms with Crippen LogP contribution >= 0.6 is 0 Å². The van der Waals surface area contributed by atoms with E-state index in [0.717, 1.165) is 53.7 Å². The second kappa shape index (κ2) is 10.2. The summed E-state index contributed by atoms with van der Waals surface area (Å²) in [6.07, 6.45) is 7.64. The Labute approximate surface area is 241 Å². The summed E-state index contributed by atoms with van der Waals surface area (Å²) in [6.45, 7) is 13.7. The highest BCUT2D eigenvalue weighted by Crippen LogP contribution is 2.39. The molecule has 4 heterocycles. The van der Waals surface area contributed by atoms with Gasteiger partial charge in [0.05, 0.1) is 5.69 Å². The van der Waals surface area contributed by atoms with Crippen molar-refractivity contribution in [3.8, 4) is 11.3 Å². The van der Waals surface area contributed by atoms with E-state index < -0.39 is 5.60 Å². The number of benzene rings is 1. The van der Waals surface area contributed by atoms with Crippen molar-refractivity contribution in [2.45, 2.75) is 90.7 Å². The molecule has 1 aromatic carbocycles. The lowest BCUT2D eigenvalue weighted by Crippen LogP contribution is -2.41. The average molecular weight is 556 g/mol. The van der Waals surface area contributed by atoms with Gasteiger partial charge >= 0.3 is 6.09 Å². The average Bonchev–Trinajstić information content (AvgIpc) is 3.47. The first-order valence-electron chi connectivity index (χ1n) is 14.9. The zero-order valence-corrected chi connectivity index (χ0v) is 25.0. The minimum atomic E-state index is -0.480. The third kappa shape index (κ3) is 5.56. The molecule has 4 aromatic rings. The predicted molar refractivity (Wildman–Crippen MR) is 162 cm³/mol. The van der Waals surface area contributed by atoms with Crippen molar-refractivity contribution in [1.82, 2.24) is 24.6 Å². The van der Waals surface area contributed by atoms with Gasteiger partial charge in [0.2, 0.25) is 0 Å². The zero-order chi connectivity index (χ0) is 29.1. The second-order valence-corrected chi connectivity index (χ2v) is 13.1. The van der Waals surface area contributed by atoms with E-state index in [9.17, 15) is 9.59 Å². The van der Waals surface area contributed by atoms with Crippen LogP contribution in [0, 0.1) is 6.92 Å². The van der Waals surface area contributed by atoms with Gasteiger partial charge in [-0.15, -0.1) is 0 Å². The third-order valence-corrected chi connectivity index (χ3v) is 8.23. The molecule has 3 aromatic heterocycles. The number of nitrogens with zero attached hydrogens (tertiary/aromatic N) is 3. The van der Waals surface area contributed by atoms with E-state index in [-0.39, 0.29) is 12.0 Å². The maximum atomic E-state index is 12.6. The van der Waals surface area contributed by atoms with Crippen LogP contribution in [0.4, 0.5) is 4.79 Å². The molecule has 0 bridgehead atoms. The molecular formula is C33H41N5O3. The van der Waals surface area contributed by atoms with Crippen molar-refractivity contribution in [2.24, 2.45) is 0 Å². The highest BCUT2D eigenvalue weighted by Gasteiger charge is 2.29. The van der Waals surface area contributed by atoms with Crippen LogP contribution < -0.4 is 5.32 Å². The van der Waals surface area contributed by atoms with Crippen molar-refractivity contribution in [3.63, 3.8) is 0 Å². The molecule has 8 heteroatoms. The van der Waals surface area contributed by atoms with Crippen LogP contribution in [0.15, 0.2) is 36.7 Å². The lowest BCUT2D eigenvalue weighted by molar-refractivity contribution is 0.0204. The maximum absolute atomic E-state index is 12.6. The minimum absolute atomic E-state index is 0.102. The number of fused-ring (bicyclic) bond motifs is 2. The van der Waals surface area contributed by atoms with E-state index in [2.05, 4.69) is 59.6 Å². The molecule has 41 heavy (non-hydrogen) atoms. The Morgan fingerprint density at radius 2 is 1.80 bits per heavy atom. The molecule has 2 amide bonds. The lowest BCUT2D eigenvalue weighted by Gasteiger charge is -2.33. The summed E-state index contributed by atoms with van der Waals surface area (Å²) in [5, 5.41) is 4.29. The maximum Gasteiger partial charge on any atom is 0.410 e. The number of amides is 2. The van der Waals surface area contributed by atoms with Crippen molar-refractivity contribution in [2.75, 3.05) is 13.1 Å². The molecule has 1 aliphatic heterocycles. The molecule has 0 radical (unpaired) electrons. The molecule has 1 aliphatic carbocycles. The fraction of sp³-hybridized carbons (Fsp3) is 0.485. The van der Waals surface area contributed by atoms with Gasteiger partial charge in [-0.25, -0.2) is 9.78 Å². The van der Waals surface area contributed by atoms with E-state index in [0.29, 0.717) is 36.7 Å². The van der Waals surface area contributed by atoms with Crippen LogP contribution in [0.5, 0.6) is 0 Å². The van der Waals surface area contributed by atoms with Crippen LogP contribution in [0.1, 0.15) is 99.3 Å². The molecule has 0 spiro atoms. The van der Waals surface area contributed by atoms with Crippen molar-refractivity contribution >= 4 is 28.6 Å². The number of hydrogen-bond donors (Lipinski definition) is 2. The summed E-state index contributed by atoms with van der Waals surface area (Å²) >= 11 is 0. The SMILES string of the molecule is Cc1cc(-c2[nH]c3ccc(C4CCN(C(=O)OC(C)(C)C)CC4)cc3c2C(C)C)cn2cc(C(=O)NC3CC3)nc12. The molecular weight excluding hydrogens is 514 g/mol. The van der Waals surface area contributed by atoms with Crippen molar-refractivity contribution in [3.05, 3.63) is 59.0 Å². The molecule has 1 saturated heterocycles. The van der Waals surface area contributed by atoms with Gasteiger partial charge in [-0.1, -0.05) is 19.9 Å². The van der Waals surface area contributed by atoms with Gasteiger partial charge < -0.3 is 24.3 Å². The molecule has 8 nitrogen and oxygen atoms in total. The van der Waals surface area contributed by atoms with Gasteiger partial charge in [0.25, 0.3) is 5.91 Å². The Morgan fingerprint density at radius 3 is 2.46 bits per heavy atom. The quantitative estimate of drug-likeness (QED) is 0.280. The van der Waals surface area contributed by atoms with Gasteiger partial charge in [-0.3, -0.25) is 4.79 Å². The van der Waals surface area contributed by atoms with Crippen LogP contribution in [-0.4, -0.2) is 56.0 Å². The summed E-state index contributed by atoms with van der Waals surface area (Å²) in [5.41, 5.74) is 7.72. The summed E-state index contributed by atoms with van der Waals surface area (Å²) in [6, 6.07) is 9.24. The fourth-order valence-corrected chi connectivity index (χ4v) is 6.04. The topological polar surface area (TPSA) is 91.7 Å². The van der Waals surface area contributed by atoms with E-state index in [1.165, 1.54) is 16.5 Å². The number of likely N-dealkylation sites (tertiary alicyclic amines) is 1. The lowest BCUT2D eigenvalue weighted by atomic mass is 9.87. The predicted octanol–water partition coefficient (Wildman–Crippen LogP) is 6.92. The van der Waals surface area contributed by atoms with E-state index in [1.54, 1.807) is 0 Å². The molecule has 0 unspecified atom stereocenters. The summed E-state index contributed by atoms with van der Waals surface area (Å²) < 4.78 is 7.56. The van der Waals surface area contributed by atoms with Crippen molar-refractivity contribution < 1.29 is 14.3 Å². The zero-order valence-electron chi connectivity index (χ0n) is 25.0. The molecule has 2 N–H and O–H groups in total. The smallest absolute Gasteiger partial charge is 0.410 e. The number of aromatic amines is 1. The van der Waals surface area contributed by atoms with E-state index >= 15 is 0 Å². The molecule has 2 aliphatic rings. The Kier molecular flexibility index (Phi) is 6.83. The normalized spacial score (nSPS) is 16.6. The number of carbonyl (C=O) groups excluding carboxylic acids is 2. The van der Waals surface area contributed by atoms with Gasteiger partial charge in [0, 0.05) is 48.0 Å². The number of imidazole rings is 1. The molecule has 6 rings (SSSR count). The number of rotatable bonds is 5. The fourth-order valence-electron chi connectivity index (χ4n) is 6.04. The van der Waals surface area contributed by atoms with E-state index in [1.807, 2.05) is 43.2 Å². The number of aromatic nitrogens is 3. The third-order valence-electron chi connectivity index (χ3n) is 8.23. The number of carbonyl (C=O) groups is 2. The van der Waals surface area contributed by atoms with Crippen molar-refractivity contribution in [1.29, 1.82) is 0 Å². The minimum Gasteiger partial charge on any atom is -0.444 e. The number of hydrogen-bond acceptors (Lipinski definition) is 4. The summed E-state index contributed by atoms with van der Waals surface area (Å²) in [5.74, 6) is 0.609. The van der Waals surface area contributed by atoms with Crippen LogP contribution in [0.25, 0.3) is 27.8 Å². The summed E-state index contributed by atoms with van der Waals surface area (Å²) in [4.78, 5) is 35.4. The number of pyridine rings is 1. The number of nitrogens with one attached hydrogen (secondary N) is 2. The van der Waals surface area contributed by atoms with Gasteiger partial charge in [0.15, 0.2) is 0 Å². The Morgan fingerprint density at radius 1 is 1.07 bits per heavy atom. The standard InChI is InChI=1S/C33H41N5O3/c1-19(2)28-25-16-22(21-11-13-37(14-12-21)32(40)41-33(4,5)6)7-10-26(25)35-29(28)23-15-20(3)30-36-27(18-38(30)17-23)31(39)34-24-8-9-24/h7,10,15-19,21,24,35H,8-9,11-14H2,1-6H3,(H,34,39). The number of ether oxygens (including phenoxy) is 1. The number of piperidine rings is 1.